The number of ether oxygens (including phenoxy) is 2. The summed E-state index contributed by atoms with van der Waals surface area (Å²) in [5.41, 5.74) is 2.42. The van der Waals surface area contributed by atoms with Gasteiger partial charge in [0.05, 0.1) is 7.11 Å². The second-order valence-corrected chi connectivity index (χ2v) is 6.60. The van der Waals surface area contributed by atoms with E-state index in [0.717, 1.165) is 5.56 Å². The summed E-state index contributed by atoms with van der Waals surface area (Å²) < 4.78 is 24.5. The van der Waals surface area contributed by atoms with Crippen LogP contribution in [0.3, 0.4) is 0 Å². The van der Waals surface area contributed by atoms with Crippen LogP contribution in [0.2, 0.25) is 5.02 Å². The molecule has 0 aliphatic heterocycles. The Balaban J connectivity index is 1.77. The average Bonchev–Trinajstić information content (AvgIpc) is 2.68. The smallest absolute Gasteiger partial charge is 0.255 e. The highest BCUT2D eigenvalue weighted by molar-refractivity contribution is 6.31. The summed E-state index contributed by atoms with van der Waals surface area (Å²) >= 11 is 6.03. The molecule has 1 N–H and O–H groups in total. The first kappa shape index (κ1) is 19.7. The average molecular weight is 400 g/mol. The predicted octanol–water partition coefficient (Wildman–Crippen LogP) is 5.63. The minimum Gasteiger partial charge on any atom is -0.496 e. The highest BCUT2D eigenvalue weighted by Gasteiger charge is 2.12. The van der Waals surface area contributed by atoms with Crippen molar-refractivity contribution in [3.8, 4) is 11.5 Å². The van der Waals surface area contributed by atoms with Gasteiger partial charge in [0, 0.05) is 21.8 Å². The van der Waals surface area contributed by atoms with Gasteiger partial charge in [-0.3, -0.25) is 4.79 Å². The first-order valence-corrected chi connectivity index (χ1v) is 8.97. The number of carbonyl (C=O) groups is 1. The minimum absolute atomic E-state index is 0.214. The lowest BCUT2D eigenvalue weighted by atomic mass is 10.1. The van der Waals surface area contributed by atoms with Crippen LogP contribution in [-0.4, -0.2) is 13.0 Å². The second-order valence-electron chi connectivity index (χ2n) is 6.19. The van der Waals surface area contributed by atoms with Gasteiger partial charge in [0.2, 0.25) is 0 Å². The van der Waals surface area contributed by atoms with Crippen LogP contribution in [0.15, 0.2) is 60.7 Å². The Labute approximate surface area is 167 Å². The van der Waals surface area contributed by atoms with E-state index in [4.69, 9.17) is 21.1 Å². The fourth-order valence-electron chi connectivity index (χ4n) is 2.67. The number of aryl methyl sites for hydroxylation is 1. The van der Waals surface area contributed by atoms with E-state index in [0.29, 0.717) is 33.3 Å². The molecule has 4 nitrogen and oxygen atoms in total. The summed E-state index contributed by atoms with van der Waals surface area (Å²) in [6, 6.07) is 16.2. The van der Waals surface area contributed by atoms with Crippen LogP contribution < -0.4 is 14.8 Å². The molecule has 0 spiro atoms. The standard InChI is InChI=1S/C22H19ClFNO3/c1-14-10-19(7-8-20(14)23)28-13-16-11-15(6-9-21(16)27-2)22(26)25-18-5-3-4-17(24)12-18/h3-12H,13H2,1-2H3,(H,25,26). The normalized spacial score (nSPS) is 10.4. The summed E-state index contributed by atoms with van der Waals surface area (Å²) in [4.78, 5) is 12.5. The van der Waals surface area contributed by atoms with Crippen molar-refractivity contribution in [2.24, 2.45) is 0 Å². The molecule has 3 aromatic carbocycles. The number of amides is 1. The van der Waals surface area contributed by atoms with Gasteiger partial charge in [-0.25, -0.2) is 4.39 Å². The number of carbonyl (C=O) groups excluding carboxylic acids is 1. The van der Waals surface area contributed by atoms with Gasteiger partial charge < -0.3 is 14.8 Å². The van der Waals surface area contributed by atoms with Crippen molar-refractivity contribution in [1.29, 1.82) is 0 Å². The van der Waals surface area contributed by atoms with Crippen LogP contribution in [0.5, 0.6) is 11.5 Å². The molecule has 6 heteroatoms. The number of anilines is 1. The molecule has 28 heavy (non-hydrogen) atoms. The minimum atomic E-state index is -0.417. The summed E-state index contributed by atoms with van der Waals surface area (Å²) in [7, 11) is 1.55. The first-order chi connectivity index (χ1) is 13.5. The van der Waals surface area contributed by atoms with Gasteiger partial charge >= 0.3 is 0 Å². The number of halogens is 2. The quantitative estimate of drug-likeness (QED) is 0.584. The fourth-order valence-corrected chi connectivity index (χ4v) is 2.79. The van der Waals surface area contributed by atoms with Gasteiger partial charge in [-0.2, -0.15) is 0 Å². The molecule has 3 rings (SSSR count). The molecule has 3 aromatic rings. The third kappa shape index (κ3) is 4.81. The van der Waals surface area contributed by atoms with Crippen LogP contribution in [0.4, 0.5) is 10.1 Å². The largest absolute Gasteiger partial charge is 0.496 e. The molecule has 0 saturated heterocycles. The van der Waals surface area contributed by atoms with E-state index in [-0.39, 0.29) is 12.5 Å². The van der Waals surface area contributed by atoms with Gasteiger partial charge in [-0.05, 0) is 67.1 Å². The predicted molar refractivity (Wildman–Crippen MR) is 108 cm³/mol. The Kier molecular flexibility index (Phi) is 6.16. The topological polar surface area (TPSA) is 47.6 Å². The van der Waals surface area contributed by atoms with Crippen LogP contribution >= 0.6 is 11.6 Å². The molecule has 0 atom stereocenters. The lowest BCUT2D eigenvalue weighted by Gasteiger charge is -2.13. The molecular weight excluding hydrogens is 381 g/mol. The Morgan fingerprint density at radius 1 is 1.11 bits per heavy atom. The Bertz CT molecular complexity index is 1010. The van der Waals surface area contributed by atoms with Crippen molar-refractivity contribution in [1.82, 2.24) is 0 Å². The number of rotatable bonds is 6. The van der Waals surface area contributed by atoms with Gasteiger partial charge in [0.25, 0.3) is 5.91 Å². The SMILES string of the molecule is COc1ccc(C(=O)Nc2cccc(F)c2)cc1COc1ccc(Cl)c(C)c1. The van der Waals surface area contributed by atoms with E-state index < -0.39 is 5.82 Å². The first-order valence-electron chi connectivity index (χ1n) is 8.59. The Hall–Kier alpha value is -3.05. The Morgan fingerprint density at radius 3 is 2.64 bits per heavy atom. The monoisotopic (exact) mass is 399 g/mol. The number of hydrogen-bond acceptors (Lipinski definition) is 3. The van der Waals surface area contributed by atoms with Crippen molar-refractivity contribution >= 4 is 23.2 Å². The second kappa shape index (κ2) is 8.76. The van der Waals surface area contributed by atoms with E-state index in [1.807, 2.05) is 13.0 Å². The van der Waals surface area contributed by atoms with Gasteiger partial charge in [0.15, 0.2) is 0 Å². The van der Waals surface area contributed by atoms with E-state index in [9.17, 15) is 9.18 Å². The molecule has 144 valence electrons. The molecule has 0 radical (unpaired) electrons. The summed E-state index contributed by atoms with van der Waals surface area (Å²) in [6.45, 7) is 2.11. The number of methoxy groups -OCH3 is 1. The number of hydrogen-bond donors (Lipinski definition) is 1. The van der Waals surface area contributed by atoms with Crippen molar-refractivity contribution in [3.05, 3.63) is 88.2 Å². The number of benzene rings is 3. The van der Waals surface area contributed by atoms with Crippen LogP contribution in [0.25, 0.3) is 0 Å². The zero-order chi connectivity index (χ0) is 20.1. The van der Waals surface area contributed by atoms with Gasteiger partial charge in [-0.1, -0.05) is 17.7 Å². The highest BCUT2D eigenvalue weighted by Crippen LogP contribution is 2.25. The molecule has 0 aliphatic rings. The van der Waals surface area contributed by atoms with Crippen molar-refractivity contribution in [2.75, 3.05) is 12.4 Å². The molecule has 0 fully saturated rings. The zero-order valence-corrected chi connectivity index (χ0v) is 16.2. The zero-order valence-electron chi connectivity index (χ0n) is 15.5. The van der Waals surface area contributed by atoms with Crippen molar-refractivity contribution < 1.29 is 18.7 Å². The number of nitrogens with one attached hydrogen (secondary N) is 1. The molecule has 0 unspecified atom stereocenters. The molecule has 0 aromatic heterocycles. The molecule has 0 aliphatic carbocycles. The van der Waals surface area contributed by atoms with E-state index in [1.165, 1.54) is 18.2 Å². The maximum atomic E-state index is 13.3. The summed E-state index contributed by atoms with van der Waals surface area (Å²) in [6.07, 6.45) is 0. The molecule has 0 saturated carbocycles. The Morgan fingerprint density at radius 2 is 1.93 bits per heavy atom. The maximum Gasteiger partial charge on any atom is 0.255 e. The molecule has 0 bridgehead atoms. The summed E-state index contributed by atoms with van der Waals surface area (Å²) in [5, 5.41) is 3.34. The van der Waals surface area contributed by atoms with Gasteiger partial charge in [0.1, 0.15) is 23.9 Å². The maximum absolute atomic E-state index is 13.3. The van der Waals surface area contributed by atoms with Crippen LogP contribution in [-0.2, 0) is 6.61 Å². The van der Waals surface area contributed by atoms with E-state index in [1.54, 1.807) is 43.5 Å². The lowest BCUT2D eigenvalue weighted by Crippen LogP contribution is -2.13. The fraction of sp³-hybridized carbons (Fsp3) is 0.136. The molecular formula is C22H19ClFNO3. The third-order valence-electron chi connectivity index (χ3n) is 4.15. The van der Waals surface area contributed by atoms with Crippen molar-refractivity contribution in [3.63, 3.8) is 0 Å². The lowest BCUT2D eigenvalue weighted by molar-refractivity contribution is 0.102. The van der Waals surface area contributed by atoms with E-state index in [2.05, 4.69) is 5.32 Å². The molecule has 1 amide bonds. The summed E-state index contributed by atoms with van der Waals surface area (Å²) in [5.74, 6) is 0.503. The van der Waals surface area contributed by atoms with Crippen LogP contribution in [0.1, 0.15) is 21.5 Å². The van der Waals surface area contributed by atoms with Gasteiger partial charge in [-0.15, -0.1) is 0 Å². The van der Waals surface area contributed by atoms with Crippen LogP contribution in [0, 0.1) is 12.7 Å². The molecule has 0 heterocycles. The third-order valence-corrected chi connectivity index (χ3v) is 4.57. The highest BCUT2D eigenvalue weighted by atomic mass is 35.5. The van der Waals surface area contributed by atoms with Crippen molar-refractivity contribution in [2.45, 2.75) is 13.5 Å². The van der Waals surface area contributed by atoms with E-state index >= 15 is 0 Å².